The zero-order chi connectivity index (χ0) is 13.9. The quantitative estimate of drug-likeness (QED) is 0.929. The zero-order valence-corrected chi connectivity index (χ0v) is 12.1. The molecule has 3 rings (SSSR count). The molecule has 1 unspecified atom stereocenters. The first-order chi connectivity index (χ1) is 9.74. The lowest BCUT2D eigenvalue weighted by Crippen LogP contribution is -2.18. The van der Waals surface area contributed by atoms with Crippen LogP contribution in [-0.2, 0) is 12.8 Å². The molecule has 2 aromatic rings. The molecule has 0 saturated heterocycles. The van der Waals surface area contributed by atoms with Crippen molar-refractivity contribution in [2.24, 2.45) is 5.73 Å². The standard InChI is InChI=1S/C17H18ClNO/c18-14-8-6-12(7-9-14)11-16(19)15-5-1-3-13-4-2-10-20-17(13)15/h1,3,5-9,16H,2,4,10-11,19H2. The number of hydrogen-bond donors (Lipinski definition) is 1. The summed E-state index contributed by atoms with van der Waals surface area (Å²) in [5.74, 6) is 1.00. The van der Waals surface area contributed by atoms with E-state index in [0.717, 1.165) is 42.2 Å². The van der Waals surface area contributed by atoms with Gasteiger partial charge in [-0.3, -0.25) is 0 Å². The van der Waals surface area contributed by atoms with Crippen molar-refractivity contribution in [2.75, 3.05) is 6.61 Å². The van der Waals surface area contributed by atoms with Gasteiger partial charge in [0.25, 0.3) is 0 Å². The highest BCUT2D eigenvalue weighted by Crippen LogP contribution is 2.33. The number of ether oxygens (including phenoxy) is 1. The molecule has 2 N–H and O–H groups in total. The van der Waals surface area contributed by atoms with Gasteiger partial charge in [0.1, 0.15) is 5.75 Å². The van der Waals surface area contributed by atoms with E-state index < -0.39 is 0 Å². The van der Waals surface area contributed by atoms with Gasteiger partial charge in [0.2, 0.25) is 0 Å². The second-order valence-electron chi connectivity index (χ2n) is 5.22. The molecule has 2 nitrogen and oxygen atoms in total. The number of rotatable bonds is 3. The van der Waals surface area contributed by atoms with E-state index in [-0.39, 0.29) is 6.04 Å². The van der Waals surface area contributed by atoms with Gasteiger partial charge in [0.05, 0.1) is 6.61 Å². The van der Waals surface area contributed by atoms with Crippen molar-refractivity contribution in [1.82, 2.24) is 0 Å². The van der Waals surface area contributed by atoms with E-state index in [1.807, 2.05) is 24.3 Å². The van der Waals surface area contributed by atoms with Crippen LogP contribution in [0.5, 0.6) is 5.75 Å². The molecule has 1 aliphatic heterocycles. The minimum absolute atomic E-state index is 0.0516. The summed E-state index contributed by atoms with van der Waals surface area (Å²) in [6.45, 7) is 0.789. The summed E-state index contributed by atoms with van der Waals surface area (Å²) < 4.78 is 5.83. The van der Waals surface area contributed by atoms with Crippen LogP contribution in [0.25, 0.3) is 0 Å². The number of halogens is 1. The Labute approximate surface area is 124 Å². The molecule has 0 spiro atoms. The molecule has 0 aliphatic carbocycles. The normalized spacial score (nSPS) is 15.3. The topological polar surface area (TPSA) is 35.2 Å². The van der Waals surface area contributed by atoms with Crippen molar-refractivity contribution >= 4 is 11.6 Å². The Morgan fingerprint density at radius 2 is 1.95 bits per heavy atom. The van der Waals surface area contributed by atoms with Gasteiger partial charge in [-0.2, -0.15) is 0 Å². The van der Waals surface area contributed by atoms with Crippen LogP contribution in [0.3, 0.4) is 0 Å². The summed E-state index contributed by atoms with van der Waals surface area (Å²) >= 11 is 5.91. The fourth-order valence-corrected chi connectivity index (χ4v) is 2.82. The Hall–Kier alpha value is -1.51. The van der Waals surface area contributed by atoms with Gasteiger partial charge in [-0.05, 0) is 42.5 Å². The largest absolute Gasteiger partial charge is 0.493 e. The lowest BCUT2D eigenvalue weighted by atomic mass is 9.94. The maximum Gasteiger partial charge on any atom is 0.127 e. The molecule has 0 fully saturated rings. The molecule has 1 aliphatic rings. The first kappa shape index (κ1) is 13.5. The predicted molar refractivity (Wildman–Crippen MR) is 82.3 cm³/mol. The third-order valence-corrected chi connectivity index (χ3v) is 3.98. The van der Waals surface area contributed by atoms with Crippen LogP contribution in [0.4, 0.5) is 0 Å². The zero-order valence-electron chi connectivity index (χ0n) is 11.3. The second kappa shape index (κ2) is 5.86. The Kier molecular flexibility index (Phi) is 3.95. The summed E-state index contributed by atoms with van der Waals surface area (Å²) in [4.78, 5) is 0. The van der Waals surface area contributed by atoms with E-state index in [2.05, 4.69) is 18.2 Å². The van der Waals surface area contributed by atoms with E-state index in [4.69, 9.17) is 22.1 Å². The summed E-state index contributed by atoms with van der Waals surface area (Å²) in [6.07, 6.45) is 2.96. The molecule has 1 heterocycles. The van der Waals surface area contributed by atoms with Crippen molar-refractivity contribution in [2.45, 2.75) is 25.3 Å². The maximum absolute atomic E-state index is 6.38. The Morgan fingerprint density at radius 3 is 2.75 bits per heavy atom. The van der Waals surface area contributed by atoms with Crippen molar-refractivity contribution in [1.29, 1.82) is 0 Å². The van der Waals surface area contributed by atoms with Crippen molar-refractivity contribution in [3.63, 3.8) is 0 Å². The van der Waals surface area contributed by atoms with Crippen LogP contribution in [-0.4, -0.2) is 6.61 Å². The van der Waals surface area contributed by atoms with Gasteiger partial charge in [-0.15, -0.1) is 0 Å². The number of benzene rings is 2. The second-order valence-corrected chi connectivity index (χ2v) is 5.66. The van der Waals surface area contributed by atoms with Gasteiger partial charge >= 0.3 is 0 Å². The highest BCUT2D eigenvalue weighted by atomic mass is 35.5. The average Bonchev–Trinajstić information content (AvgIpc) is 2.49. The van der Waals surface area contributed by atoms with E-state index in [1.165, 1.54) is 11.1 Å². The summed E-state index contributed by atoms with van der Waals surface area (Å²) in [5, 5.41) is 0.753. The van der Waals surface area contributed by atoms with Crippen LogP contribution in [0.15, 0.2) is 42.5 Å². The maximum atomic E-state index is 6.38. The fourth-order valence-electron chi connectivity index (χ4n) is 2.69. The smallest absolute Gasteiger partial charge is 0.127 e. The third kappa shape index (κ3) is 2.82. The number of fused-ring (bicyclic) bond motifs is 1. The van der Waals surface area contributed by atoms with Gasteiger partial charge < -0.3 is 10.5 Å². The number of para-hydroxylation sites is 1. The van der Waals surface area contributed by atoms with Gasteiger partial charge in [-0.1, -0.05) is 41.9 Å². The minimum atomic E-state index is -0.0516. The first-order valence-electron chi connectivity index (χ1n) is 6.98. The van der Waals surface area contributed by atoms with Crippen molar-refractivity contribution < 1.29 is 4.74 Å². The van der Waals surface area contributed by atoms with E-state index in [9.17, 15) is 0 Å². The monoisotopic (exact) mass is 287 g/mol. The molecule has 104 valence electrons. The third-order valence-electron chi connectivity index (χ3n) is 3.73. The molecular formula is C17H18ClNO. The first-order valence-corrected chi connectivity index (χ1v) is 7.36. The van der Waals surface area contributed by atoms with E-state index in [1.54, 1.807) is 0 Å². The molecule has 0 radical (unpaired) electrons. The molecule has 0 aromatic heterocycles. The lowest BCUT2D eigenvalue weighted by Gasteiger charge is -2.23. The van der Waals surface area contributed by atoms with Crippen LogP contribution >= 0.6 is 11.6 Å². The number of nitrogens with two attached hydrogens (primary N) is 1. The number of aryl methyl sites for hydroxylation is 1. The molecule has 3 heteroatoms. The van der Waals surface area contributed by atoms with Crippen molar-refractivity contribution in [3.05, 3.63) is 64.2 Å². The molecule has 2 aromatic carbocycles. The lowest BCUT2D eigenvalue weighted by molar-refractivity contribution is 0.283. The number of hydrogen-bond acceptors (Lipinski definition) is 2. The van der Waals surface area contributed by atoms with Gasteiger partial charge in [-0.25, -0.2) is 0 Å². The molecule has 0 bridgehead atoms. The fraction of sp³-hybridized carbons (Fsp3) is 0.294. The van der Waals surface area contributed by atoms with E-state index in [0.29, 0.717) is 0 Å². The Balaban J connectivity index is 1.83. The van der Waals surface area contributed by atoms with Gasteiger partial charge in [0.15, 0.2) is 0 Å². The Bertz CT molecular complexity index is 594. The molecule has 0 saturated carbocycles. The molecule has 1 atom stereocenters. The molecule has 0 amide bonds. The SMILES string of the molecule is NC(Cc1ccc(Cl)cc1)c1cccc2c1OCCC2. The average molecular weight is 288 g/mol. The highest BCUT2D eigenvalue weighted by Gasteiger charge is 2.18. The Morgan fingerprint density at radius 1 is 1.15 bits per heavy atom. The summed E-state index contributed by atoms with van der Waals surface area (Å²) in [7, 11) is 0. The van der Waals surface area contributed by atoms with Crippen LogP contribution in [0.2, 0.25) is 5.02 Å². The predicted octanol–water partition coefficient (Wildman–Crippen LogP) is 3.91. The molecular weight excluding hydrogens is 270 g/mol. The highest BCUT2D eigenvalue weighted by molar-refractivity contribution is 6.30. The minimum Gasteiger partial charge on any atom is -0.493 e. The summed E-state index contributed by atoms with van der Waals surface area (Å²) in [6, 6.07) is 14.1. The van der Waals surface area contributed by atoms with Crippen LogP contribution in [0.1, 0.15) is 29.2 Å². The summed E-state index contributed by atoms with van der Waals surface area (Å²) in [5.41, 5.74) is 9.95. The van der Waals surface area contributed by atoms with Gasteiger partial charge in [0, 0.05) is 16.6 Å². The van der Waals surface area contributed by atoms with Crippen molar-refractivity contribution in [3.8, 4) is 5.75 Å². The van der Waals surface area contributed by atoms with E-state index >= 15 is 0 Å². The molecule has 20 heavy (non-hydrogen) atoms. The van der Waals surface area contributed by atoms with Crippen LogP contribution < -0.4 is 10.5 Å². The van der Waals surface area contributed by atoms with Crippen LogP contribution in [0, 0.1) is 0 Å².